The van der Waals surface area contributed by atoms with Crippen LogP contribution in [0.15, 0.2) is 40.5 Å². The number of nitrogen functional groups attached to an aromatic ring is 1. The maximum absolute atomic E-state index is 13.6. The number of β-lactam (4-membered cyclic amide) rings is 1. The summed E-state index contributed by atoms with van der Waals surface area (Å²) in [4.78, 5) is 48.7. The number of amides is 1. The summed E-state index contributed by atoms with van der Waals surface area (Å²) in [6.45, 7) is 5.11. The van der Waals surface area contributed by atoms with Crippen LogP contribution in [-0.2, 0) is 40.3 Å². The maximum Gasteiger partial charge on any atom is 0.418 e. The van der Waals surface area contributed by atoms with Gasteiger partial charge in [0.05, 0.1) is 17.6 Å². The summed E-state index contributed by atoms with van der Waals surface area (Å²) in [5.74, 6) is -3.41. The zero-order valence-electron chi connectivity index (χ0n) is 28.3. The number of nitrogens with one attached hydrogen (secondary N) is 1. The number of hydrogen-bond acceptors (Lipinski definition) is 15. The fourth-order valence-electron chi connectivity index (χ4n) is 6.29. The highest BCUT2D eigenvalue weighted by Crippen LogP contribution is 2.41. The van der Waals surface area contributed by atoms with E-state index in [0.717, 1.165) is 47.5 Å². The number of oxime groups is 1. The average Bonchev–Trinajstić information content (AvgIpc) is 3.52. The molecule has 1 aromatic carbocycles. The van der Waals surface area contributed by atoms with Crippen molar-refractivity contribution in [3.8, 4) is 5.75 Å². The van der Waals surface area contributed by atoms with E-state index in [0.29, 0.717) is 23.7 Å². The van der Waals surface area contributed by atoms with E-state index in [1.54, 1.807) is 6.07 Å². The van der Waals surface area contributed by atoms with Gasteiger partial charge >= 0.3 is 16.4 Å². The maximum atomic E-state index is 13.6. The first-order valence-electron chi connectivity index (χ1n) is 16.3. The van der Waals surface area contributed by atoms with Crippen molar-refractivity contribution in [1.29, 1.82) is 0 Å². The molecule has 3 aliphatic heterocycles. The van der Waals surface area contributed by atoms with E-state index in [1.807, 2.05) is 6.07 Å². The lowest BCUT2D eigenvalue weighted by atomic mass is 9.74. The molecule has 2 aromatic rings. The summed E-state index contributed by atoms with van der Waals surface area (Å²) in [6, 6.07) is 5.80. The van der Waals surface area contributed by atoms with E-state index >= 15 is 0 Å². The number of ketones is 1. The number of aromatic nitrogens is 1. The number of anilines is 1. The minimum atomic E-state index is -5.00. The topological polar surface area (TPSA) is 266 Å². The summed E-state index contributed by atoms with van der Waals surface area (Å²) >= 11 is 0.998. The van der Waals surface area contributed by atoms with Crippen molar-refractivity contribution in [2.45, 2.75) is 88.6 Å². The number of hydrogen-bond donors (Lipinski definition) is 6. The van der Waals surface area contributed by atoms with Gasteiger partial charge in [-0.25, -0.2) is 9.78 Å². The molecule has 0 spiro atoms. The summed E-state index contributed by atoms with van der Waals surface area (Å²) in [6.07, 6.45) is 2.97. The predicted octanol–water partition coefficient (Wildman–Crippen LogP) is 1.67. The van der Waals surface area contributed by atoms with Crippen molar-refractivity contribution in [3.63, 3.8) is 0 Å². The molecule has 3 aliphatic rings. The Bertz CT molecular complexity index is 1850. The Morgan fingerprint density at radius 1 is 1.33 bits per heavy atom. The van der Waals surface area contributed by atoms with Gasteiger partial charge in [-0.3, -0.25) is 14.1 Å². The Balaban J connectivity index is 1.30. The standard InChI is InChI=1S/C32H42N6O11S2/c1-31(2)22(28(41)38(31)49-51(44,45)46)13-24(40)27(23-16-50-30(34)36-23)37-48-32(3,29(42)43)26-11-6-18-12-17(5-10-25(18)47-26)19-4-7-20(35-15-19)8-9-21(39)14-33/h5,7,10,12,16,19,21-22,26,35,39H,4,6,8-9,11,13-15,33H2,1-3H3,(H2,34,36)(H,42,43)(H,44,45,46)/b37-27-/t19?,21-,22+,26+,32-/m0/s1. The number of fused-ring (bicyclic) bond motifs is 1. The molecule has 5 atom stereocenters. The first-order chi connectivity index (χ1) is 23.9. The van der Waals surface area contributed by atoms with E-state index in [4.69, 9.17) is 25.6 Å². The van der Waals surface area contributed by atoms with Gasteiger partial charge in [0.25, 0.3) is 11.5 Å². The molecule has 1 amide bonds. The summed E-state index contributed by atoms with van der Waals surface area (Å²) in [5, 5.41) is 29.5. The molecule has 1 unspecified atom stereocenters. The number of nitrogens with zero attached hydrogens (tertiary/aromatic N) is 3. The smallest absolute Gasteiger partial charge is 0.418 e. The Morgan fingerprint density at radius 3 is 2.67 bits per heavy atom. The fourth-order valence-corrected chi connectivity index (χ4v) is 7.29. The van der Waals surface area contributed by atoms with Crippen LogP contribution >= 0.6 is 11.3 Å². The number of thiazole rings is 1. The third-order valence-electron chi connectivity index (χ3n) is 9.57. The number of aliphatic hydroxyl groups excluding tert-OH is 1. The summed E-state index contributed by atoms with van der Waals surface area (Å²) < 4.78 is 42.0. The number of rotatable bonds is 15. The number of aliphatic carboxylic acids is 1. The van der Waals surface area contributed by atoms with Crippen LogP contribution in [0.3, 0.4) is 0 Å². The number of ether oxygens (including phenoxy) is 1. The molecule has 0 radical (unpaired) electrons. The highest BCUT2D eigenvalue weighted by atomic mass is 32.3. The molecule has 0 aliphatic carbocycles. The molecule has 4 heterocycles. The molecule has 17 nitrogen and oxygen atoms in total. The second-order valence-electron chi connectivity index (χ2n) is 13.5. The van der Waals surface area contributed by atoms with Gasteiger partial charge in [-0.1, -0.05) is 23.4 Å². The van der Waals surface area contributed by atoms with Crippen molar-refractivity contribution in [1.82, 2.24) is 15.4 Å². The number of carboxylic acid groups (broad SMARTS) is 1. The third kappa shape index (κ3) is 8.34. The van der Waals surface area contributed by atoms with E-state index < -0.39 is 69.5 Å². The highest BCUT2D eigenvalue weighted by molar-refractivity contribution is 7.80. The van der Waals surface area contributed by atoms with E-state index in [2.05, 4.69) is 31.9 Å². The van der Waals surface area contributed by atoms with Crippen LogP contribution < -0.4 is 21.5 Å². The molecule has 19 heteroatoms. The van der Waals surface area contributed by atoms with Gasteiger partial charge in [0.2, 0.25) is 0 Å². The predicted molar refractivity (Wildman–Crippen MR) is 184 cm³/mol. The monoisotopic (exact) mass is 750 g/mol. The van der Waals surface area contributed by atoms with Crippen molar-refractivity contribution in [3.05, 3.63) is 52.2 Å². The molecule has 5 rings (SSSR count). The van der Waals surface area contributed by atoms with Gasteiger partial charge < -0.3 is 36.6 Å². The molecular weight excluding hydrogens is 709 g/mol. The van der Waals surface area contributed by atoms with Gasteiger partial charge in [-0.2, -0.15) is 13.5 Å². The van der Waals surface area contributed by atoms with E-state index in [9.17, 15) is 33.0 Å². The van der Waals surface area contributed by atoms with E-state index in [-0.39, 0.29) is 29.7 Å². The quantitative estimate of drug-likeness (QED) is 0.0654. The van der Waals surface area contributed by atoms with Crippen molar-refractivity contribution in [2.75, 3.05) is 18.8 Å². The second-order valence-corrected chi connectivity index (χ2v) is 15.4. The van der Waals surface area contributed by atoms with Crippen molar-refractivity contribution in [2.24, 2.45) is 16.8 Å². The molecule has 1 aromatic heterocycles. The van der Waals surface area contributed by atoms with Crippen LogP contribution in [0.2, 0.25) is 0 Å². The molecule has 8 N–H and O–H groups in total. The number of carbonyl (C=O) groups is 3. The highest BCUT2D eigenvalue weighted by Gasteiger charge is 2.58. The number of allylic oxidation sites excluding steroid dienone is 2. The first-order valence-corrected chi connectivity index (χ1v) is 18.5. The van der Waals surface area contributed by atoms with Crippen LogP contribution in [0, 0.1) is 5.92 Å². The minimum absolute atomic E-state index is 0.0133. The van der Waals surface area contributed by atoms with Gasteiger partial charge in [-0.15, -0.1) is 15.6 Å². The van der Waals surface area contributed by atoms with Crippen LogP contribution in [0.1, 0.15) is 75.6 Å². The lowest BCUT2D eigenvalue weighted by molar-refractivity contribution is -0.228. The average molecular weight is 751 g/mol. The minimum Gasteiger partial charge on any atom is -0.485 e. The molecule has 1 fully saturated rings. The van der Waals surface area contributed by atoms with Crippen LogP contribution in [-0.4, -0.2) is 93.0 Å². The van der Waals surface area contributed by atoms with E-state index in [1.165, 1.54) is 26.2 Å². The molecular formula is C32H42N6O11S2. The largest absolute Gasteiger partial charge is 0.485 e. The number of nitrogens with two attached hydrogens (primary N) is 2. The number of aryl methyl sites for hydroxylation is 1. The van der Waals surface area contributed by atoms with Gasteiger partial charge in [0, 0.05) is 36.5 Å². The molecule has 1 saturated heterocycles. The SMILES string of the molecule is CC1(C)[C@H](CC(=O)/C(=N\O[C@](C)(C(=O)O)[C@H]2CCc3cc(C4CC=C(CC[C@H](O)CN)NC4)ccc3O2)c2csc(N)n2)C(=O)N1OS(=O)(=O)O. The fraction of sp³-hybridized carbons (Fsp3) is 0.531. The number of Topliss-reactive ketones (excluding diaryl/α,β-unsaturated/α-hetero) is 1. The number of aliphatic hydroxyl groups is 1. The van der Waals surface area contributed by atoms with Crippen LogP contribution in [0.4, 0.5) is 5.13 Å². The lowest BCUT2D eigenvalue weighted by Gasteiger charge is -2.50. The zero-order chi connectivity index (χ0) is 37.3. The summed E-state index contributed by atoms with van der Waals surface area (Å²) in [7, 11) is -5.00. The normalized spacial score (nSPS) is 23.5. The van der Waals surface area contributed by atoms with Gasteiger partial charge in [0.1, 0.15) is 11.4 Å². The number of hydroxylamine groups is 2. The van der Waals surface area contributed by atoms with Crippen LogP contribution in [0.25, 0.3) is 0 Å². The van der Waals surface area contributed by atoms with Crippen molar-refractivity contribution >= 4 is 50.2 Å². The Kier molecular flexibility index (Phi) is 11.1. The third-order valence-corrected chi connectivity index (χ3v) is 10.6. The Hall–Kier alpha value is -4.14. The molecule has 51 heavy (non-hydrogen) atoms. The molecule has 0 bridgehead atoms. The zero-order valence-corrected chi connectivity index (χ0v) is 29.9. The van der Waals surface area contributed by atoms with Crippen LogP contribution in [0.5, 0.6) is 5.75 Å². The Morgan fingerprint density at radius 2 is 2.08 bits per heavy atom. The number of carbonyl (C=O) groups excluding carboxylic acids is 2. The number of benzene rings is 1. The second kappa shape index (κ2) is 14.8. The number of carboxylic acids is 1. The lowest BCUT2D eigenvalue weighted by Crippen LogP contribution is -2.68. The Labute approximate surface area is 298 Å². The van der Waals surface area contributed by atoms with Crippen molar-refractivity contribution < 1.29 is 51.4 Å². The van der Waals surface area contributed by atoms with Gasteiger partial charge in [-0.05, 0) is 70.1 Å². The summed E-state index contributed by atoms with van der Waals surface area (Å²) in [5.41, 5.74) is 10.6. The van der Waals surface area contributed by atoms with Gasteiger partial charge in [0.15, 0.2) is 22.7 Å². The first kappa shape index (κ1) is 38.1. The molecule has 278 valence electrons. The molecule has 0 saturated carbocycles.